The number of carbonyl (C=O) groups is 2. The number of amides is 2. The lowest BCUT2D eigenvalue weighted by molar-refractivity contribution is -0.119. The van der Waals surface area contributed by atoms with Crippen molar-refractivity contribution in [1.82, 2.24) is 10.6 Å². The van der Waals surface area contributed by atoms with Gasteiger partial charge in [-0.15, -0.1) is 0 Å². The maximum Gasteiger partial charge on any atom is 0.254 e. The van der Waals surface area contributed by atoms with Crippen molar-refractivity contribution in [2.24, 2.45) is 0 Å². The summed E-state index contributed by atoms with van der Waals surface area (Å²) in [4.78, 5) is 23.1. The number of anilines is 1. The number of fused-ring (bicyclic) bond motifs is 1. The van der Waals surface area contributed by atoms with Gasteiger partial charge in [-0.3, -0.25) is 15.0 Å². The quantitative estimate of drug-likeness (QED) is 0.283. The van der Waals surface area contributed by atoms with Crippen molar-refractivity contribution in [1.29, 1.82) is 0 Å². The summed E-state index contributed by atoms with van der Waals surface area (Å²) in [6, 6.07) is 11.7. The summed E-state index contributed by atoms with van der Waals surface area (Å²) in [6.07, 6.45) is 0. The van der Waals surface area contributed by atoms with Gasteiger partial charge < -0.3 is 20.8 Å². The molecule has 3 rings (SSSR count). The largest absolute Gasteiger partial charge is 0.450 e. The Labute approximate surface area is 160 Å². The number of nitrogens with two attached hydrogens (primary N) is 2. The lowest BCUT2D eigenvalue weighted by Gasteiger charge is -2.10. The first kappa shape index (κ1) is 19.1. The Hall–Kier alpha value is -3.68. The predicted molar refractivity (Wildman–Crippen MR) is 103 cm³/mol. The number of para-hydroxylation sites is 1. The van der Waals surface area contributed by atoms with E-state index in [2.05, 4.69) is 10.6 Å². The highest BCUT2D eigenvalue weighted by molar-refractivity contribution is 6.13. The molecule has 7 nitrogen and oxygen atoms in total. The van der Waals surface area contributed by atoms with Crippen molar-refractivity contribution < 1.29 is 23.8 Å². The van der Waals surface area contributed by atoms with Gasteiger partial charge in [0.25, 0.3) is 11.6 Å². The molecule has 0 spiro atoms. The Morgan fingerprint density at radius 2 is 1.86 bits per heavy atom. The third-order valence-electron chi connectivity index (χ3n) is 4.16. The molecule has 0 aliphatic heterocycles. The van der Waals surface area contributed by atoms with E-state index in [0.29, 0.717) is 5.58 Å². The van der Waals surface area contributed by atoms with E-state index in [4.69, 9.17) is 15.6 Å². The van der Waals surface area contributed by atoms with Crippen LogP contribution in [-0.4, -0.2) is 30.6 Å². The molecule has 2 aromatic carbocycles. The van der Waals surface area contributed by atoms with Gasteiger partial charge in [-0.1, -0.05) is 18.2 Å². The summed E-state index contributed by atoms with van der Waals surface area (Å²) in [6.45, 7) is 1.75. The molecule has 0 radical (unpaired) electrons. The zero-order valence-corrected chi connectivity index (χ0v) is 15.2. The Bertz CT molecular complexity index is 1040. The fourth-order valence-electron chi connectivity index (χ4n) is 2.79. The second-order valence-electron chi connectivity index (χ2n) is 6.19. The molecular weight excluding hydrogens is 363 g/mol. The maximum absolute atomic E-state index is 15.1. The topological polar surface area (TPSA) is 123 Å². The van der Waals surface area contributed by atoms with E-state index in [0.717, 1.165) is 5.39 Å². The van der Waals surface area contributed by atoms with Gasteiger partial charge in [-0.25, -0.2) is 4.39 Å². The third-order valence-corrected chi connectivity index (χ3v) is 4.16. The van der Waals surface area contributed by atoms with Crippen LogP contribution in [0.4, 0.5) is 10.1 Å². The van der Waals surface area contributed by atoms with E-state index in [9.17, 15) is 9.59 Å². The fraction of sp³-hybridized carbons (Fsp3) is 0.150. The zero-order valence-electron chi connectivity index (χ0n) is 15.2. The second kappa shape index (κ2) is 7.91. The van der Waals surface area contributed by atoms with Crippen LogP contribution in [0.25, 0.3) is 11.0 Å². The number of carbonyl (C=O) groups excluding carboxylic acids is 2. The fourth-order valence-corrected chi connectivity index (χ4v) is 2.79. The van der Waals surface area contributed by atoms with Crippen LogP contribution in [0.1, 0.15) is 28.6 Å². The molecule has 3 aromatic rings. The van der Waals surface area contributed by atoms with Crippen molar-refractivity contribution in [3.05, 3.63) is 65.2 Å². The smallest absolute Gasteiger partial charge is 0.254 e. The summed E-state index contributed by atoms with van der Waals surface area (Å²) >= 11 is 0. The van der Waals surface area contributed by atoms with Crippen molar-refractivity contribution >= 4 is 34.2 Å². The first-order valence-corrected chi connectivity index (χ1v) is 8.61. The molecule has 0 aliphatic carbocycles. The molecule has 8 heteroatoms. The molecule has 144 valence electrons. The number of furan rings is 1. The second-order valence-corrected chi connectivity index (χ2v) is 6.19. The molecule has 0 atom stereocenters. The molecule has 0 bridgehead atoms. The van der Waals surface area contributed by atoms with Gasteiger partial charge in [0, 0.05) is 31.1 Å². The van der Waals surface area contributed by atoms with Crippen molar-refractivity contribution in [2.45, 2.75) is 6.92 Å². The Morgan fingerprint density at radius 1 is 1.14 bits per heavy atom. The van der Waals surface area contributed by atoms with E-state index in [1.54, 1.807) is 12.1 Å². The molecule has 1 heterocycles. The zero-order chi connectivity index (χ0) is 20.3. The number of nitrogen functional groups attached to an aromatic ring is 1. The highest BCUT2D eigenvalue weighted by Gasteiger charge is 2.26. The summed E-state index contributed by atoms with van der Waals surface area (Å²) < 4.78 is 20.7. The lowest BCUT2D eigenvalue weighted by atomic mass is 10.0. The van der Waals surface area contributed by atoms with Gasteiger partial charge in [0.1, 0.15) is 11.1 Å². The maximum atomic E-state index is 15.1. The Morgan fingerprint density at radius 3 is 2.57 bits per heavy atom. The monoisotopic (exact) mass is 383 g/mol. The Balaban J connectivity index is 1.87. The minimum absolute atomic E-state index is 0.000837. The van der Waals surface area contributed by atoms with Crippen LogP contribution in [0.2, 0.25) is 0 Å². The number of benzene rings is 2. The number of hydrogen-bond donors (Lipinski definition) is 4. The van der Waals surface area contributed by atoms with Gasteiger partial charge in [-0.2, -0.15) is 0 Å². The minimum Gasteiger partial charge on any atom is -0.450 e. The molecule has 1 aromatic heterocycles. The van der Waals surface area contributed by atoms with Crippen molar-refractivity contribution in [3.63, 3.8) is 0 Å². The van der Waals surface area contributed by atoms with Gasteiger partial charge in [0.15, 0.2) is 11.6 Å². The van der Waals surface area contributed by atoms with Gasteiger partial charge >= 0.3 is 0 Å². The highest BCUT2D eigenvalue weighted by Crippen LogP contribution is 2.25. The number of rotatable bonds is 6. The summed E-state index contributed by atoms with van der Waals surface area (Å²) in [7, 11) is 0. The van der Waals surface area contributed by atoms with E-state index >= 15 is 4.39 Å². The predicted octanol–water partition coefficient (Wildman–Crippen LogP) is 0.617. The van der Waals surface area contributed by atoms with Crippen molar-refractivity contribution in [3.8, 4) is 0 Å². The Kier molecular flexibility index (Phi) is 5.39. The van der Waals surface area contributed by atoms with Crippen LogP contribution in [-0.2, 0) is 4.79 Å². The number of halogens is 1. The van der Waals surface area contributed by atoms with E-state index in [1.165, 1.54) is 19.1 Å². The first-order valence-electron chi connectivity index (χ1n) is 8.61. The highest BCUT2D eigenvalue weighted by atomic mass is 19.1. The molecule has 0 unspecified atom stereocenters. The average Bonchev–Trinajstić information content (AvgIpc) is 3.09. The van der Waals surface area contributed by atoms with Crippen LogP contribution in [0.15, 0.2) is 46.9 Å². The van der Waals surface area contributed by atoms with Crippen LogP contribution in [0.3, 0.4) is 0 Å². The van der Waals surface area contributed by atoms with Crippen molar-refractivity contribution in [2.75, 3.05) is 18.8 Å². The third kappa shape index (κ3) is 3.85. The van der Waals surface area contributed by atoms with E-state index in [1.807, 2.05) is 18.2 Å². The van der Waals surface area contributed by atoms with E-state index < -0.39 is 11.7 Å². The van der Waals surface area contributed by atoms with E-state index in [-0.39, 0.29) is 47.3 Å². The SMILES string of the molecule is CC(=O)NCCNC(=O)c1ccc(N)c(C(=[NH2+])c2cc3ccccc3o2)c1F. The molecule has 2 amide bonds. The standard InChI is InChI=1S/C20H19FN4O3/c1-11(26)24-8-9-25-20(27)13-6-7-14(22)17(18(13)21)19(23)16-10-12-4-2-3-5-15(12)28-16/h2-7,10,23H,8-9,22H2,1H3,(H,24,26)(H,25,27)/p+1. The van der Waals surface area contributed by atoms with Gasteiger partial charge in [0.05, 0.1) is 5.56 Å². The molecule has 0 fully saturated rings. The average molecular weight is 383 g/mol. The molecule has 28 heavy (non-hydrogen) atoms. The summed E-state index contributed by atoms with van der Waals surface area (Å²) in [5, 5.41) is 12.0. The molecule has 6 N–H and O–H groups in total. The van der Waals surface area contributed by atoms with Crippen LogP contribution in [0, 0.1) is 5.82 Å². The number of hydrogen-bond acceptors (Lipinski definition) is 4. The summed E-state index contributed by atoms with van der Waals surface area (Å²) in [5.74, 6) is -1.44. The van der Waals surface area contributed by atoms with Crippen LogP contribution >= 0.6 is 0 Å². The molecule has 0 saturated heterocycles. The summed E-state index contributed by atoms with van der Waals surface area (Å²) in [5.41, 5.74) is 6.31. The first-order chi connectivity index (χ1) is 13.4. The molecule has 0 saturated carbocycles. The van der Waals surface area contributed by atoms with Gasteiger partial charge in [-0.05, 0) is 24.3 Å². The minimum atomic E-state index is -0.838. The van der Waals surface area contributed by atoms with Crippen LogP contribution < -0.4 is 21.8 Å². The van der Waals surface area contributed by atoms with Gasteiger partial charge in [0.2, 0.25) is 5.91 Å². The lowest BCUT2D eigenvalue weighted by Crippen LogP contribution is -2.42. The molecular formula is C20H20FN4O3+. The molecule has 0 aliphatic rings. The van der Waals surface area contributed by atoms with Crippen LogP contribution in [0.5, 0.6) is 0 Å². The normalized spacial score (nSPS) is 10.6. The number of nitrogens with one attached hydrogen (secondary N) is 2.